The number of aliphatic carboxylic acids is 1. The van der Waals surface area contributed by atoms with Crippen LogP contribution in [0, 0.1) is 10.8 Å². The van der Waals surface area contributed by atoms with Crippen molar-refractivity contribution >= 4 is 5.97 Å². The minimum atomic E-state index is -0.789. The first kappa shape index (κ1) is 10.4. The Morgan fingerprint density at radius 1 is 1.47 bits per heavy atom. The summed E-state index contributed by atoms with van der Waals surface area (Å²) in [5.41, 5.74) is -0.315. The SMILES string of the molecule is O=NN1CCC2(CC1)CC(C(=O)O)CO2. The minimum absolute atomic E-state index is 0.295. The molecule has 1 unspecified atom stereocenters. The smallest absolute Gasteiger partial charge is 0.308 e. The van der Waals surface area contributed by atoms with Crippen molar-refractivity contribution in [1.82, 2.24) is 5.01 Å². The maximum absolute atomic E-state index is 10.8. The quantitative estimate of drug-likeness (QED) is 0.682. The van der Waals surface area contributed by atoms with Gasteiger partial charge in [0.2, 0.25) is 0 Å². The topological polar surface area (TPSA) is 79.2 Å². The molecule has 2 aliphatic rings. The zero-order chi connectivity index (χ0) is 10.9. The van der Waals surface area contributed by atoms with Gasteiger partial charge < -0.3 is 9.84 Å². The standard InChI is InChI=1S/C9H14N2O4/c12-8(13)7-5-9(15-6-7)1-3-11(10-14)4-2-9/h7H,1-6H2,(H,12,13). The largest absolute Gasteiger partial charge is 0.481 e. The van der Waals surface area contributed by atoms with Crippen LogP contribution >= 0.6 is 0 Å². The van der Waals surface area contributed by atoms with Gasteiger partial charge in [-0.25, -0.2) is 0 Å². The van der Waals surface area contributed by atoms with E-state index in [2.05, 4.69) is 5.29 Å². The van der Waals surface area contributed by atoms with E-state index in [1.54, 1.807) is 0 Å². The summed E-state index contributed by atoms with van der Waals surface area (Å²) in [6.07, 6.45) is 1.96. The van der Waals surface area contributed by atoms with Gasteiger partial charge in [-0.2, -0.15) is 0 Å². The summed E-state index contributed by atoms with van der Waals surface area (Å²) in [7, 11) is 0. The van der Waals surface area contributed by atoms with E-state index in [-0.39, 0.29) is 11.5 Å². The van der Waals surface area contributed by atoms with Gasteiger partial charge in [-0.3, -0.25) is 9.80 Å². The summed E-state index contributed by atoms with van der Waals surface area (Å²) in [6.45, 7) is 1.43. The van der Waals surface area contributed by atoms with E-state index < -0.39 is 5.97 Å². The molecule has 6 nitrogen and oxygen atoms in total. The predicted molar refractivity (Wildman–Crippen MR) is 51.0 cm³/mol. The van der Waals surface area contributed by atoms with E-state index in [1.165, 1.54) is 5.01 Å². The number of piperidine rings is 1. The second-order valence-electron chi connectivity index (χ2n) is 4.27. The number of hydrogen-bond acceptors (Lipinski definition) is 4. The Hall–Kier alpha value is -1.17. The lowest BCUT2D eigenvalue weighted by Gasteiger charge is -2.35. The first-order chi connectivity index (χ1) is 7.15. The summed E-state index contributed by atoms with van der Waals surface area (Å²) in [5, 5.41) is 13.2. The summed E-state index contributed by atoms with van der Waals surface area (Å²) in [4.78, 5) is 21.1. The molecule has 0 aromatic carbocycles. The molecule has 0 bridgehead atoms. The van der Waals surface area contributed by atoms with Gasteiger partial charge in [0.1, 0.15) is 0 Å². The minimum Gasteiger partial charge on any atom is -0.481 e. The third-order valence-electron chi connectivity index (χ3n) is 3.32. The Bertz CT molecular complexity index is 273. The van der Waals surface area contributed by atoms with Crippen LogP contribution in [0.15, 0.2) is 5.29 Å². The summed E-state index contributed by atoms with van der Waals surface area (Å²) in [6, 6.07) is 0. The molecule has 0 radical (unpaired) electrons. The van der Waals surface area contributed by atoms with Gasteiger partial charge in [0.05, 0.1) is 23.4 Å². The Kier molecular flexibility index (Phi) is 2.60. The second-order valence-corrected chi connectivity index (χ2v) is 4.27. The fourth-order valence-electron chi connectivity index (χ4n) is 2.34. The van der Waals surface area contributed by atoms with Crippen LogP contribution in [0.25, 0.3) is 0 Å². The van der Waals surface area contributed by atoms with Crippen molar-refractivity contribution in [1.29, 1.82) is 0 Å². The van der Waals surface area contributed by atoms with Gasteiger partial charge in [0.15, 0.2) is 0 Å². The zero-order valence-electron chi connectivity index (χ0n) is 8.39. The van der Waals surface area contributed by atoms with E-state index in [9.17, 15) is 9.70 Å². The molecule has 1 spiro atoms. The number of carboxylic acids is 1. The van der Waals surface area contributed by atoms with Crippen LogP contribution in [0.3, 0.4) is 0 Å². The highest BCUT2D eigenvalue weighted by Gasteiger charge is 2.45. The zero-order valence-corrected chi connectivity index (χ0v) is 8.39. The maximum atomic E-state index is 10.8. The Morgan fingerprint density at radius 2 is 2.13 bits per heavy atom. The molecule has 1 N–H and O–H groups in total. The molecule has 2 heterocycles. The number of ether oxygens (including phenoxy) is 1. The van der Waals surface area contributed by atoms with Gasteiger partial charge >= 0.3 is 5.97 Å². The molecule has 2 rings (SSSR count). The fraction of sp³-hybridized carbons (Fsp3) is 0.889. The molecule has 1 atom stereocenters. The molecule has 6 heteroatoms. The third kappa shape index (κ3) is 1.94. The van der Waals surface area contributed by atoms with Crippen LogP contribution in [-0.2, 0) is 9.53 Å². The molecule has 2 fully saturated rings. The van der Waals surface area contributed by atoms with E-state index >= 15 is 0 Å². The Morgan fingerprint density at radius 3 is 2.60 bits per heavy atom. The van der Waals surface area contributed by atoms with Gasteiger partial charge in [-0.05, 0) is 19.3 Å². The van der Waals surface area contributed by atoms with E-state index in [0.717, 1.165) is 0 Å². The molecule has 2 saturated heterocycles. The molecule has 0 aliphatic carbocycles. The van der Waals surface area contributed by atoms with E-state index in [1.807, 2.05) is 0 Å². The lowest BCUT2D eigenvalue weighted by molar-refractivity contribution is -0.141. The molecule has 0 saturated carbocycles. The predicted octanol–water partition coefficient (Wildman–Crippen LogP) is 0.624. The monoisotopic (exact) mass is 214 g/mol. The van der Waals surface area contributed by atoms with Crippen LogP contribution < -0.4 is 0 Å². The third-order valence-corrected chi connectivity index (χ3v) is 3.32. The summed E-state index contributed by atoms with van der Waals surface area (Å²) >= 11 is 0. The lowest BCUT2D eigenvalue weighted by atomic mass is 9.86. The first-order valence-corrected chi connectivity index (χ1v) is 5.10. The van der Waals surface area contributed by atoms with Crippen molar-refractivity contribution < 1.29 is 14.6 Å². The molecule has 2 aliphatic heterocycles. The van der Waals surface area contributed by atoms with E-state index in [4.69, 9.17) is 9.84 Å². The number of carbonyl (C=O) groups is 1. The highest BCUT2D eigenvalue weighted by atomic mass is 16.5. The second kappa shape index (κ2) is 3.77. The molecular weight excluding hydrogens is 200 g/mol. The van der Waals surface area contributed by atoms with Gasteiger partial charge in [0, 0.05) is 13.1 Å². The van der Waals surface area contributed by atoms with Crippen molar-refractivity contribution in [2.75, 3.05) is 19.7 Å². The molecular formula is C9H14N2O4. The number of hydrogen-bond donors (Lipinski definition) is 1. The van der Waals surface area contributed by atoms with Crippen LogP contribution in [0.1, 0.15) is 19.3 Å². The molecule has 84 valence electrons. The number of nitroso groups, excluding NO2 is 1. The van der Waals surface area contributed by atoms with Crippen molar-refractivity contribution in [3.05, 3.63) is 4.91 Å². The Balaban J connectivity index is 1.94. The van der Waals surface area contributed by atoms with E-state index in [0.29, 0.717) is 39.0 Å². The normalized spacial score (nSPS) is 29.3. The van der Waals surface area contributed by atoms with Crippen molar-refractivity contribution in [3.8, 4) is 0 Å². The molecule has 15 heavy (non-hydrogen) atoms. The fourth-order valence-corrected chi connectivity index (χ4v) is 2.34. The molecule has 0 amide bonds. The highest BCUT2D eigenvalue weighted by Crippen LogP contribution is 2.38. The highest BCUT2D eigenvalue weighted by molar-refractivity contribution is 5.70. The number of carboxylic acid groups (broad SMARTS) is 1. The van der Waals surface area contributed by atoms with Gasteiger partial charge in [0.25, 0.3) is 0 Å². The average Bonchev–Trinajstić information content (AvgIpc) is 2.64. The van der Waals surface area contributed by atoms with Crippen molar-refractivity contribution in [2.24, 2.45) is 11.2 Å². The van der Waals surface area contributed by atoms with Gasteiger partial charge in [-0.15, -0.1) is 4.91 Å². The summed E-state index contributed by atoms with van der Waals surface area (Å²) < 4.78 is 5.60. The van der Waals surface area contributed by atoms with Crippen LogP contribution in [-0.4, -0.2) is 41.4 Å². The maximum Gasteiger partial charge on any atom is 0.308 e. The molecule has 0 aromatic heterocycles. The summed E-state index contributed by atoms with van der Waals surface area (Å²) in [5.74, 6) is -1.18. The Labute approximate surface area is 87.1 Å². The average molecular weight is 214 g/mol. The van der Waals surface area contributed by atoms with Crippen molar-refractivity contribution in [3.63, 3.8) is 0 Å². The van der Waals surface area contributed by atoms with Crippen LogP contribution in [0.2, 0.25) is 0 Å². The van der Waals surface area contributed by atoms with Crippen LogP contribution in [0.5, 0.6) is 0 Å². The first-order valence-electron chi connectivity index (χ1n) is 5.10. The van der Waals surface area contributed by atoms with Gasteiger partial charge in [-0.1, -0.05) is 0 Å². The van der Waals surface area contributed by atoms with Crippen LogP contribution in [0.4, 0.5) is 0 Å². The number of rotatable bonds is 2. The van der Waals surface area contributed by atoms with Crippen molar-refractivity contribution in [2.45, 2.75) is 24.9 Å². The molecule has 0 aromatic rings. The number of nitrogens with zero attached hydrogens (tertiary/aromatic N) is 2. The lowest BCUT2D eigenvalue weighted by Crippen LogP contribution is -2.42.